The maximum absolute atomic E-state index is 12.3. The molecular weight excluding hydrogens is 396 g/mol. The first-order chi connectivity index (χ1) is 12.4. The zero-order chi connectivity index (χ0) is 18.7. The van der Waals surface area contributed by atoms with Crippen LogP contribution in [-0.4, -0.2) is 29.5 Å². The van der Waals surface area contributed by atoms with Crippen LogP contribution in [-0.2, 0) is 11.3 Å². The summed E-state index contributed by atoms with van der Waals surface area (Å²) in [4.78, 5) is 32.6. The van der Waals surface area contributed by atoms with Crippen molar-refractivity contribution in [2.75, 3.05) is 18.9 Å². The van der Waals surface area contributed by atoms with Gasteiger partial charge in [0, 0.05) is 4.47 Å². The normalized spacial score (nSPS) is 12.1. The number of likely N-dealkylation sites (N-methyl/N-ethyl adjacent to an activating group) is 1. The van der Waals surface area contributed by atoms with E-state index in [1.807, 2.05) is 50.4 Å². The highest BCUT2D eigenvalue weighted by atomic mass is 79.9. The molecule has 1 unspecified atom stereocenters. The summed E-state index contributed by atoms with van der Waals surface area (Å²) in [6, 6.07) is 13.0. The van der Waals surface area contributed by atoms with E-state index in [2.05, 4.69) is 31.2 Å². The van der Waals surface area contributed by atoms with Crippen LogP contribution in [0.25, 0.3) is 10.9 Å². The second-order valence-electron chi connectivity index (χ2n) is 6.37. The van der Waals surface area contributed by atoms with Gasteiger partial charge < -0.3 is 15.2 Å². The van der Waals surface area contributed by atoms with Gasteiger partial charge in [0.1, 0.15) is 6.54 Å². The minimum atomic E-state index is -0.161. The lowest BCUT2D eigenvalue weighted by Gasteiger charge is -2.14. The van der Waals surface area contributed by atoms with E-state index in [0.717, 1.165) is 20.6 Å². The van der Waals surface area contributed by atoms with E-state index in [1.54, 1.807) is 6.07 Å². The molecule has 0 aliphatic rings. The maximum Gasteiger partial charge on any atom is 0.279 e. The summed E-state index contributed by atoms with van der Waals surface area (Å²) in [5.74, 6) is 0.464. The van der Waals surface area contributed by atoms with Crippen molar-refractivity contribution in [3.8, 4) is 0 Å². The molecular formula is C19H20BrN4O2+. The first-order valence-electron chi connectivity index (χ1n) is 8.27. The quantitative estimate of drug-likeness (QED) is 0.592. The van der Waals surface area contributed by atoms with Gasteiger partial charge in [0.15, 0.2) is 12.4 Å². The number of aromatic amines is 1. The number of quaternary nitrogens is 1. The number of aryl methyl sites for hydroxylation is 1. The molecule has 0 fully saturated rings. The molecule has 3 N–H and O–H groups in total. The summed E-state index contributed by atoms with van der Waals surface area (Å²) < 4.78 is 0.851. The molecule has 0 saturated heterocycles. The Morgan fingerprint density at radius 3 is 2.81 bits per heavy atom. The van der Waals surface area contributed by atoms with Crippen molar-refractivity contribution in [2.45, 2.75) is 13.5 Å². The van der Waals surface area contributed by atoms with Crippen molar-refractivity contribution in [1.82, 2.24) is 9.97 Å². The third kappa shape index (κ3) is 4.36. The first-order valence-corrected chi connectivity index (χ1v) is 9.07. The Kier molecular flexibility index (Phi) is 5.49. The third-order valence-electron chi connectivity index (χ3n) is 3.99. The van der Waals surface area contributed by atoms with Crippen LogP contribution in [0, 0.1) is 6.92 Å². The molecule has 134 valence electrons. The molecule has 3 aromatic rings. The molecule has 0 aliphatic carbocycles. The topological polar surface area (TPSA) is 79.3 Å². The zero-order valence-electron chi connectivity index (χ0n) is 14.6. The van der Waals surface area contributed by atoms with Crippen LogP contribution >= 0.6 is 15.9 Å². The number of carbonyl (C=O) groups is 1. The fourth-order valence-corrected chi connectivity index (χ4v) is 3.35. The van der Waals surface area contributed by atoms with Crippen molar-refractivity contribution in [2.24, 2.45) is 0 Å². The number of nitrogens with one attached hydrogen (secondary N) is 3. The standard InChI is InChI=1S/C19H19BrN4O2/c1-12-7-8-16(14(20)9-12)22-18(25)11-24(2)10-17-21-15-6-4-3-5-13(15)19(26)23-17/h3-9H,10-11H2,1-2H3,(H,22,25)(H,21,23,26)/p+1. The van der Waals surface area contributed by atoms with Gasteiger partial charge in [-0.15, -0.1) is 0 Å². The lowest BCUT2D eigenvalue weighted by molar-refractivity contribution is -0.885. The van der Waals surface area contributed by atoms with Gasteiger partial charge in [-0.3, -0.25) is 9.59 Å². The molecule has 6 nitrogen and oxygen atoms in total. The van der Waals surface area contributed by atoms with Gasteiger partial charge in [0.2, 0.25) is 0 Å². The number of para-hydroxylation sites is 1. The Balaban J connectivity index is 1.66. The zero-order valence-corrected chi connectivity index (χ0v) is 16.2. The van der Waals surface area contributed by atoms with Gasteiger partial charge in [-0.1, -0.05) is 18.2 Å². The molecule has 3 rings (SSSR count). The first kappa shape index (κ1) is 18.3. The molecule has 0 saturated carbocycles. The molecule has 0 aliphatic heterocycles. The smallest absolute Gasteiger partial charge is 0.279 e. The summed E-state index contributed by atoms with van der Waals surface area (Å²) in [5.41, 5.74) is 2.35. The molecule has 0 radical (unpaired) electrons. The van der Waals surface area contributed by atoms with Crippen LogP contribution in [0.5, 0.6) is 0 Å². The summed E-state index contributed by atoms with van der Waals surface area (Å²) in [5, 5.41) is 3.46. The summed E-state index contributed by atoms with van der Waals surface area (Å²) in [6.45, 7) is 2.70. The number of amides is 1. The number of hydrogen-bond donors (Lipinski definition) is 3. The van der Waals surface area contributed by atoms with Crippen LogP contribution in [0.1, 0.15) is 11.4 Å². The summed E-state index contributed by atoms with van der Waals surface area (Å²) in [6.07, 6.45) is 0. The van der Waals surface area contributed by atoms with Crippen molar-refractivity contribution < 1.29 is 9.69 Å². The fraction of sp³-hybridized carbons (Fsp3) is 0.211. The number of benzene rings is 2. The van der Waals surface area contributed by atoms with Gasteiger partial charge in [0.25, 0.3) is 11.5 Å². The second kappa shape index (κ2) is 7.80. The van der Waals surface area contributed by atoms with E-state index >= 15 is 0 Å². The van der Waals surface area contributed by atoms with Gasteiger partial charge >= 0.3 is 0 Å². The lowest BCUT2D eigenvalue weighted by atomic mass is 10.2. The second-order valence-corrected chi connectivity index (χ2v) is 7.23. The predicted octanol–water partition coefficient (Wildman–Crippen LogP) is 1.65. The lowest BCUT2D eigenvalue weighted by Crippen LogP contribution is -3.08. The number of aromatic nitrogens is 2. The Labute approximate surface area is 159 Å². The number of hydrogen-bond acceptors (Lipinski definition) is 3. The number of nitrogens with zero attached hydrogens (tertiary/aromatic N) is 1. The number of anilines is 1. The van der Waals surface area contributed by atoms with Gasteiger partial charge in [-0.05, 0) is 52.7 Å². The van der Waals surface area contributed by atoms with Crippen molar-refractivity contribution >= 4 is 38.4 Å². The van der Waals surface area contributed by atoms with Crippen LogP contribution in [0.2, 0.25) is 0 Å². The molecule has 1 aromatic heterocycles. The number of carbonyl (C=O) groups excluding carboxylic acids is 1. The Bertz CT molecular complexity index is 1020. The molecule has 7 heteroatoms. The SMILES string of the molecule is Cc1ccc(NC(=O)C[NH+](C)Cc2nc3ccccc3c(=O)[nH]2)c(Br)c1. The molecule has 0 bridgehead atoms. The summed E-state index contributed by atoms with van der Waals surface area (Å²) >= 11 is 3.46. The largest absolute Gasteiger partial charge is 0.323 e. The van der Waals surface area contributed by atoms with Gasteiger partial charge in [-0.2, -0.15) is 0 Å². The predicted molar refractivity (Wildman–Crippen MR) is 105 cm³/mol. The van der Waals surface area contributed by atoms with Crippen LogP contribution in [0.15, 0.2) is 51.7 Å². The molecule has 1 atom stereocenters. The third-order valence-corrected chi connectivity index (χ3v) is 4.65. The van der Waals surface area contributed by atoms with E-state index in [-0.39, 0.29) is 18.0 Å². The van der Waals surface area contributed by atoms with Gasteiger partial charge in [0.05, 0.1) is 23.6 Å². The monoisotopic (exact) mass is 415 g/mol. The highest BCUT2D eigenvalue weighted by Gasteiger charge is 2.14. The van der Waals surface area contributed by atoms with Crippen LogP contribution in [0.4, 0.5) is 5.69 Å². The van der Waals surface area contributed by atoms with Gasteiger partial charge in [-0.25, -0.2) is 4.98 Å². The van der Waals surface area contributed by atoms with Crippen molar-refractivity contribution in [3.63, 3.8) is 0 Å². The number of fused-ring (bicyclic) bond motifs is 1. The average molecular weight is 416 g/mol. The molecule has 1 amide bonds. The van der Waals surface area contributed by atoms with Crippen LogP contribution in [0.3, 0.4) is 0 Å². The van der Waals surface area contributed by atoms with Crippen LogP contribution < -0.4 is 15.8 Å². The minimum absolute atomic E-state index is 0.102. The molecule has 0 spiro atoms. The van der Waals surface area contributed by atoms with Crippen molar-refractivity contribution in [1.29, 1.82) is 0 Å². The van der Waals surface area contributed by atoms with E-state index < -0.39 is 0 Å². The number of halogens is 1. The molecule has 2 aromatic carbocycles. The summed E-state index contributed by atoms with van der Waals surface area (Å²) in [7, 11) is 1.89. The fourth-order valence-electron chi connectivity index (χ4n) is 2.76. The minimum Gasteiger partial charge on any atom is -0.323 e. The Hall–Kier alpha value is -2.51. The highest BCUT2D eigenvalue weighted by molar-refractivity contribution is 9.10. The molecule has 26 heavy (non-hydrogen) atoms. The number of rotatable bonds is 5. The average Bonchev–Trinajstić information content (AvgIpc) is 2.57. The van der Waals surface area contributed by atoms with Crippen molar-refractivity contribution in [3.05, 3.63) is 68.7 Å². The van der Waals surface area contributed by atoms with E-state index in [0.29, 0.717) is 23.3 Å². The van der Waals surface area contributed by atoms with E-state index in [1.165, 1.54) is 0 Å². The molecule has 1 heterocycles. The Morgan fingerprint density at radius 2 is 2.04 bits per heavy atom. The van der Waals surface area contributed by atoms with E-state index in [4.69, 9.17) is 0 Å². The van der Waals surface area contributed by atoms with E-state index in [9.17, 15) is 9.59 Å². The Morgan fingerprint density at radius 1 is 1.27 bits per heavy atom. The highest BCUT2D eigenvalue weighted by Crippen LogP contribution is 2.23. The maximum atomic E-state index is 12.3. The number of H-pyrrole nitrogens is 1.